The smallest absolute Gasteiger partial charge is 0.240 e. The number of sulfone groups is 1. The monoisotopic (exact) mass is 306 g/mol. The van der Waals surface area contributed by atoms with E-state index in [4.69, 9.17) is 5.73 Å². The van der Waals surface area contributed by atoms with Crippen LogP contribution in [-0.4, -0.2) is 34.9 Å². The third-order valence-corrected chi connectivity index (χ3v) is 5.67. The third kappa shape index (κ3) is 4.81. The second kappa shape index (κ2) is 5.89. The molecule has 1 aromatic carbocycles. The van der Waals surface area contributed by atoms with E-state index in [9.17, 15) is 16.8 Å². The number of nitrogens with one attached hydrogen (secondary N) is 1. The van der Waals surface area contributed by atoms with Crippen molar-refractivity contribution in [3.05, 3.63) is 23.8 Å². The normalized spacial score (nSPS) is 12.5. The van der Waals surface area contributed by atoms with Gasteiger partial charge in [0, 0.05) is 18.0 Å². The van der Waals surface area contributed by atoms with Crippen molar-refractivity contribution in [2.24, 2.45) is 0 Å². The largest absolute Gasteiger partial charge is 0.399 e. The van der Waals surface area contributed by atoms with Crippen molar-refractivity contribution >= 4 is 25.5 Å². The maximum Gasteiger partial charge on any atom is 0.240 e. The van der Waals surface area contributed by atoms with Crippen LogP contribution in [0, 0.1) is 6.92 Å². The summed E-state index contributed by atoms with van der Waals surface area (Å²) in [5.41, 5.74) is 6.66. The van der Waals surface area contributed by atoms with Crippen molar-refractivity contribution in [2.45, 2.75) is 18.7 Å². The molecule has 0 unspecified atom stereocenters. The van der Waals surface area contributed by atoms with Crippen LogP contribution >= 0.6 is 0 Å². The van der Waals surface area contributed by atoms with Gasteiger partial charge < -0.3 is 5.73 Å². The summed E-state index contributed by atoms with van der Waals surface area (Å²) >= 11 is 0. The molecule has 0 aliphatic rings. The molecule has 3 N–H and O–H groups in total. The second-order valence-corrected chi connectivity index (χ2v) is 8.45. The average molecular weight is 306 g/mol. The van der Waals surface area contributed by atoms with E-state index >= 15 is 0 Å². The van der Waals surface area contributed by atoms with Crippen molar-refractivity contribution < 1.29 is 16.8 Å². The Morgan fingerprint density at radius 1 is 1.16 bits per heavy atom. The summed E-state index contributed by atoms with van der Waals surface area (Å²) in [4.78, 5) is 0.0406. The van der Waals surface area contributed by atoms with Gasteiger partial charge in [-0.15, -0.1) is 0 Å². The molecule has 0 aliphatic carbocycles. The molecule has 19 heavy (non-hydrogen) atoms. The van der Waals surface area contributed by atoms with Crippen LogP contribution in [0.15, 0.2) is 23.1 Å². The van der Waals surface area contributed by atoms with E-state index in [1.165, 1.54) is 19.1 Å². The molecule has 0 radical (unpaired) electrons. The van der Waals surface area contributed by atoms with Gasteiger partial charge in [-0.3, -0.25) is 0 Å². The highest BCUT2D eigenvalue weighted by Gasteiger charge is 2.16. The SMILES string of the molecule is CCS(=O)(=O)CCNS(=O)(=O)c1cc(C)cc(N)c1. The Morgan fingerprint density at radius 3 is 2.32 bits per heavy atom. The predicted octanol–water partition coefficient (Wildman–Crippen LogP) is 0.290. The molecule has 0 bridgehead atoms. The molecule has 0 saturated carbocycles. The lowest BCUT2D eigenvalue weighted by molar-refractivity contribution is 0.581. The number of hydrogen-bond donors (Lipinski definition) is 2. The van der Waals surface area contributed by atoms with Crippen LogP contribution in [0.4, 0.5) is 5.69 Å². The van der Waals surface area contributed by atoms with Crippen LogP contribution in [0.1, 0.15) is 12.5 Å². The highest BCUT2D eigenvalue weighted by Crippen LogP contribution is 2.15. The van der Waals surface area contributed by atoms with Gasteiger partial charge in [0.2, 0.25) is 10.0 Å². The van der Waals surface area contributed by atoms with Gasteiger partial charge in [0.25, 0.3) is 0 Å². The lowest BCUT2D eigenvalue weighted by Crippen LogP contribution is -2.29. The van der Waals surface area contributed by atoms with E-state index in [2.05, 4.69) is 4.72 Å². The van der Waals surface area contributed by atoms with Crippen LogP contribution in [0.25, 0.3) is 0 Å². The maximum absolute atomic E-state index is 11.9. The molecule has 0 spiro atoms. The van der Waals surface area contributed by atoms with Gasteiger partial charge in [-0.25, -0.2) is 21.6 Å². The minimum Gasteiger partial charge on any atom is -0.399 e. The Kier molecular flexibility index (Phi) is 4.94. The molecule has 108 valence electrons. The van der Waals surface area contributed by atoms with E-state index in [0.29, 0.717) is 5.69 Å². The molecule has 0 saturated heterocycles. The van der Waals surface area contributed by atoms with Crippen LogP contribution in [0.3, 0.4) is 0 Å². The summed E-state index contributed by atoms with van der Waals surface area (Å²) in [6.45, 7) is 3.11. The fourth-order valence-corrected chi connectivity index (χ4v) is 3.49. The van der Waals surface area contributed by atoms with Gasteiger partial charge in [0.15, 0.2) is 9.84 Å². The Labute approximate surface area is 114 Å². The number of benzene rings is 1. The van der Waals surface area contributed by atoms with Crippen molar-refractivity contribution in [1.29, 1.82) is 0 Å². The number of nitrogen functional groups attached to an aromatic ring is 1. The van der Waals surface area contributed by atoms with E-state index in [1.807, 2.05) is 0 Å². The van der Waals surface area contributed by atoms with Crippen molar-refractivity contribution in [3.8, 4) is 0 Å². The van der Waals surface area contributed by atoms with E-state index in [-0.39, 0.29) is 22.9 Å². The Bertz CT molecular complexity index is 631. The molecule has 1 aromatic rings. The first-order chi connectivity index (χ1) is 8.66. The second-order valence-electron chi connectivity index (χ2n) is 4.21. The molecule has 0 heterocycles. The summed E-state index contributed by atoms with van der Waals surface area (Å²) in [5, 5.41) is 0. The van der Waals surface area contributed by atoms with Gasteiger partial charge in [0.1, 0.15) is 0 Å². The molecule has 1 rings (SSSR count). The lowest BCUT2D eigenvalue weighted by Gasteiger charge is -2.08. The predicted molar refractivity (Wildman–Crippen MR) is 75.1 cm³/mol. The van der Waals surface area contributed by atoms with Crippen LogP contribution in [0.2, 0.25) is 0 Å². The zero-order valence-corrected chi connectivity index (χ0v) is 12.5. The Hall–Kier alpha value is -1.12. The molecular formula is C11H18N2O4S2. The highest BCUT2D eigenvalue weighted by molar-refractivity contribution is 7.91. The van der Waals surface area contributed by atoms with Crippen molar-refractivity contribution in [1.82, 2.24) is 4.72 Å². The molecule has 0 atom stereocenters. The molecule has 0 aliphatic heterocycles. The molecular weight excluding hydrogens is 288 g/mol. The molecule has 0 fully saturated rings. The van der Waals surface area contributed by atoms with E-state index in [1.54, 1.807) is 13.0 Å². The first kappa shape index (κ1) is 15.9. The number of aryl methyl sites for hydroxylation is 1. The van der Waals surface area contributed by atoms with E-state index < -0.39 is 19.9 Å². The van der Waals surface area contributed by atoms with Crippen LogP contribution in [-0.2, 0) is 19.9 Å². The Morgan fingerprint density at radius 2 is 1.79 bits per heavy atom. The third-order valence-electron chi connectivity index (χ3n) is 2.53. The van der Waals surface area contributed by atoms with E-state index in [0.717, 1.165) is 5.56 Å². The number of rotatable bonds is 6. The lowest BCUT2D eigenvalue weighted by atomic mass is 10.2. The van der Waals surface area contributed by atoms with Crippen LogP contribution < -0.4 is 10.5 Å². The Balaban J connectivity index is 2.82. The first-order valence-corrected chi connectivity index (χ1v) is 9.04. The molecule has 6 nitrogen and oxygen atoms in total. The summed E-state index contributed by atoms with van der Waals surface area (Å²) in [7, 11) is -6.92. The summed E-state index contributed by atoms with van der Waals surface area (Å²) in [6.07, 6.45) is 0. The fraction of sp³-hybridized carbons (Fsp3) is 0.455. The fourth-order valence-electron chi connectivity index (χ4n) is 1.49. The standard InChI is InChI=1S/C11H18N2O4S2/c1-3-18(14,15)5-4-13-19(16,17)11-7-9(2)6-10(12)8-11/h6-8,13H,3-5,12H2,1-2H3. The molecule has 8 heteroatoms. The summed E-state index contributed by atoms with van der Waals surface area (Å²) in [6, 6.07) is 4.47. The number of anilines is 1. The summed E-state index contributed by atoms with van der Waals surface area (Å²) in [5.74, 6) is -0.226. The maximum atomic E-state index is 11.9. The van der Waals surface area contributed by atoms with Gasteiger partial charge in [0.05, 0.1) is 10.6 Å². The van der Waals surface area contributed by atoms with Gasteiger partial charge in [-0.1, -0.05) is 6.92 Å². The quantitative estimate of drug-likeness (QED) is 0.735. The zero-order chi connectivity index (χ0) is 14.7. The zero-order valence-electron chi connectivity index (χ0n) is 10.9. The molecule has 0 amide bonds. The van der Waals surface area contributed by atoms with Crippen molar-refractivity contribution in [3.63, 3.8) is 0 Å². The first-order valence-electron chi connectivity index (χ1n) is 5.73. The van der Waals surface area contributed by atoms with Gasteiger partial charge in [-0.05, 0) is 30.7 Å². The van der Waals surface area contributed by atoms with Gasteiger partial charge >= 0.3 is 0 Å². The average Bonchev–Trinajstić information content (AvgIpc) is 2.27. The molecule has 0 aromatic heterocycles. The summed E-state index contributed by atoms with van der Waals surface area (Å²) < 4.78 is 48.7. The van der Waals surface area contributed by atoms with Gasteiger partial charge in [-0.2, -0.15) is 0 Å². The number of nitrogens with two attached hydrogens (primary N) is 1. The number of hydrogen-bond acceptors (Lipinski definition) is 5. The van der Waals surface area contributed by atoms with Crippen molar-refractivity contribution in [2.75, 3.05) is 23.8 Å². The topological polar surface area (TPSA) is 106 Å². The van der Waals surface area contributed by atoms with Crippen LogP contribution in [0.5, 0.6) is 0 Å². The highest BCUT2D eigenvalue weighted by atomic mass is 32.2. The minimum atomic E-state index is -3.73. The number of sulfonamides is 1. The minimum absolute atomic E-state index is 0.00782.